The lowest BCUT2D eigenvalue weighted by Crippen LogP contribution is -2.75. The molecule has 0 bridgehead atoms. The van der Waals surface area contributed by atoms with Crippen LogP contribution < -0.4 is 10.5 Å². The van der Waals surface area contributed by atoms with Crippen molar-refractivity contribution in [3.05, 3.63) is 132 Å². The number of esters is 2. The first-order valence-corrected chi connectivity index (χ1v) is 20.3. The Morgan fingerprint density at radius 2 is 1.51 bits per heavy atom. The fourth-order valence-electron chi connectivity index (χ4n) is 8.54. The van der Waals surface area contributed by atoms with Gasteiger partial charge in [0.1, 0.15) is 43.3 Å². The van der Waals surface area contributed by atoms with E-state index in [9.17, 15) is 19.2 Å². The Hall–Kier alpha value is -6.83. The molecule has 14 nitrogen and oxygen atoms in total. The number of likely N-dealkylation sites (tertiary alicyclic amines) is 1. The number of methoxy groups -OCH3 is 2. The summed E-state index contributed by atoms with van der Waals surface area (Å²) in [6, 6.07) is 24.8. The number of rotatable bonds is 16. The Labute approximate surface area is 354 Å². The minimum Gasteiger partial charge on any atom is -0.496 e. The van der Waals surface area contributed by atoms with E-state index >= 15 is 4.79 Å². The van der Waals surface area contributed by atoms with Crippen molar-refractivity contribution >= 4 is 46.3 Å². The minimum absolute atomic E-state index is 0.0266. The van der Waals surface area contributed by atoms with Gasteiger partial charge in [-0.3, -0.25) is 19.3 Å². The smallest absolute Gasteiger partial charge is 0.412 e. The van der Waals surface area contributed by atoms with Crippen LogP contribution in [0, 0.1) is 5.92 Å². The van der Waals surface area contributed by atoms with Crippen molar-refractivity contribution in [3.63, 3.8) is 0 Å². The summed E-state index contributed by atoms with van der Waals surface area (Å²) in [7, 11) is 2.83. The Kier molecular flexibility index (Phi) is 12.9. The highest BCUT2D eigenvalue weighted by molar-refractivity contribution is 6.01. The van der Waals surface area contributed by atoms with Crippen molar-refractivity contribution in [2.75, 3.05) is 20.0 Å². The molecule has 2 aliphatic rings. The molecule has 2 aliphatic heterocycles. The first-order chi connectivity index (χ1) is 29.5. The van der Waals surface area contributed by atoms with E-state index in [2.05, 4.69) is 0 Å². The fraction of sp³-hybridized carbons (Fsp3) is 0.340. The number of hydrogen-bond acceptors (Lipinski definition) is 11. The molecule has 5 aromatic rings. The first kappa shape index (κ1) is 42.3. The summed E-state index contributed by atoms with van der Waals surface area (Å²) in [5, 5.41) is 1.37. The third-order valence-corrected chi connectivity index (χ3v) is 11.4. The predicted molar refractivity (Wildman–Crippen MR) is 224 cm³/mol. The number of carbonyl (C=O) groups excluding carboxylic acids is 5. The number of carbonyl (C=O) groups is 5. The van der Waals surface area contributed by atoms with Gasteiger partial charge in [-0.05, 0) is 71.5 Å². The van der Waals surface area contributed by atoms with E-state index < -0.39 is 60.2 Å². The molecule has 2 N–H and O–H groups in total. The third kappa shape index (κ3) is 8.75. The number of aryl methyl sites for hydroxylation is 1. The lowest BCUT2D eigenvalue weighted by molar-refractivity contribution is -0.180. The van der Waals surface area contributed by atoms with E-state index in [1.54, 1.807) is 56.0 Å². The van der Waals surface area contributed by atoms with Gasteiger partial charge in [-0.2, -0.15) is 0 Å². The van der Waals surface area contributed by atoms with Crippen LogP contribution in [0.1, 0.15) is 61.5 Å². The van der Waals surface area contributed by atoms with E-state index in [0.29, 0.717) is 46.2 Å². The molecule has 1 aromatic heterocycles. The van der Waals surface area contributed by atoms with Crippen LogP contribution in [-0.2, 0) is 53.0 Å². The van der Waals surface area contributed by atoms with Gasteiger partial charge in [0, 0.05) is 23.1 Å². The highest BCUT2D eigenvalue weighted by Crippen LogP contribution is 2.46. The number of fused-ring (bicyclic) bond motifs is 1. The van der Waals surface area contributed by atoms with E-state index in [1.165, 1.54) is 21.8 Å². The Balaban J connectivity index is 1.33. The van der Waals surface area contributed by atoms with Gasteiger partial charge in [0.25, 0.3) is 0 Å². The van der Waals surface area contributed by atoms with Crippen LogP contribution in [0.3, 0.4) is 0 Å². The number of hydrogen-bond donors (Lipinski definition) is 1. The summed E-state index contributed by atoms with van der Waals surface area (Å²) in [5.74, 6) is -1.97. The number of amides is 3. The van der Waals surface area contributed by atoms with Crippen LogP contribution in [0.25, 0.3) is 10.8 Å². The average molecular weight is 831 g/mol. The molecule has 5 unspecified atom stereocenters. The number of benzene rings is 4. The molecule has 7 rings (SSSR count). The topological polar surface area (TPSA) is 171 Å². The second kappa shape index (κ2) is 18.6. The standard InChI is InChI=1S/C47H50N4O10/c1-29(2)41(46(55)58-4)49-37(20-19-31-23-24-59-26-31)42(45(49)54)51-43(36-17-9-16-35-34(36)15-10-18-39(35)57-3)50(47(56)61-28-32-13-8-14-33(48)25-32)38(44(51)53)21-22-40(52)60-27-30-11-6-5-7-12-30/h5-18,23-26,29,37-38,41-43H,19-22,27-28,48H2,1-4H3. The van der Waals surface area contributed by atoms with Crippen LogP contribution in [-0.4, -0.2) is 82.9 Å². The highest BCUT2D eigenvalue weighted by atomic mass is 16.6. The maximum atomic E-state index is 15.3. The van der Waals surface area contributed by atoms with Gasteiger partial charge in [0.15, 0.2) is 0 Å². The molecular weight excluding hydrogens is 781 g/mol. The summed E-state index contributed by atoms with van der Waals surface area (Å²) < 4.78 is 27.8. The number of nitrogens with two attached hydrogens (primary N) is 1. The average Bonchev–Trinajstić information content (AvgIpc) is 3.89. The van der Waals surface area contributed by atoms with E-state index in [-0.39, 0.29) is 32.0 Å². The third-order valence-electron chi connectivity index (χ3n) is 11.4. The zero-order valence-electron chi connectivity index (χ0n) is 34.6. The molecule has 0 spiro atoms. The lowest BCUT2D eigenvalue weighted by atomic mass is 9.83. The SMILES string of the molecule is COC(=O)C(C(C)C)N1C(=O)C(N2C(=O)C(CCC(=O)OCc3ccccc3)N(C(=O)OCc3cccc(N)c3)C2c2cccc3c(OC)cccc23)C1CCc1ccoc1. The molecule has 0 radical (unpaired) electrons. The maximum Gasteiger partial charge on any atom is 0.412 e. The van der Waals surface area contributed by atoms with Gasteiger partial charge < -0.3 is 38.9 Å². The van der Waals surface area contributed by atoms with Gasteiger partial charge in [-0.15, -0.1) is 0 Å². The Morgan fingerprint density at radius 1 is 0.787 bits per heavy atom. The largest absolute Gasteiger partial charge is 0.496 e. The molecule has 0 saturated carbocycles. The molecule has 4 aromatic carbocycles. The summed E-state index contributed by atoms with van der Waals surface area (Å²) >= 11 is 0. The van der Waals surface area contributed by atoms with Crippen LogP contribution in [0.5, 0.6) is 5.75 Å². The molecule has 0 aliphatic carbocycles. The number of nitrogen functional groups attached to an aromatic ring is 1. The second-order valence-corrected chi connectivity index (χ2v) is 15.6. The van der Waals surface area contributed by atoms with Crippen molar-refractivity contribution in [1.82, 2.24) is 14.7 Å². The zero-order valence-corrected chi connectivity index (χ0v) is 34.6. The van der Waals surface area contributed by atoms with E-state index in [0.717, 1.165) is 11.1 Å². The zero-order chi connectivity index (χ0) is 43.2. The van der Waals surface area contributed by atoms with Crippen molar-refractivity contribution in [2.45, 2.75) is 83.1 Å². The fourth-order valence-corrected chi connectivity index (χ4v) is 8.54. The summed E-state index contributed by atoms with van der Waals surface area (Å²) in [6.45, 7) is 3.51. The van der Waals surface area contributed by atoms with Gasteiger partial charge in [0.2, 0.25) is 11.8 Å². The Morgan fingerprint density at radius 3 is 2.21 bits per heavy atom. The molecule has 61 heavy (non-hydrogen) atoms. The molecule has 3 heterocycles. The quantitative estimate of drug-likeness (QED) is 0.0480. The molecular formula is C47H50N4O10. The van der Waals surface area contributed by atoms with Crippen molar-refractivity contribution in [2.24, 2.45) is 5.92 Å². The van der Waals surface area contributed by atoms with Gasteiger partial charge in [-0.1, -0.05) is 86.6 Å². The van der Waals surface area contributed by atoms with Gasteiger partial charge in [-0.25, -0.2) is 9.59 Å². The van der Waals surface area contributed by atoms with Crippen molar-refractivity contribution in [1.29, 1.82) is 0 Å². The predicted octanol–water partition coefficient (Wildman–Crippen LogP) is 6.81. The van der Waals surface area contributed by atoms with Gasteiger partial charge in [0.05, 0.1) is 32.8 Å². The number of ether oxygens (including phenoxy) is 4. The van der Waals surface area contributed by atoms with Crippen LogP contribution >= 0.6 is 0 Å². The number of β-lactam (4-membered cyclic amide) rings is 1. The van der Waals surface area contributed by atoms with Crippen LogP contribution in [0.4, 0.5) is 10.5 Å². The Bertz CT molecular complexity index is 2370. The molecule has 3 amide bonds. The normalized spacial score (nSPS) is 19.2. The van der Waals surface area contributed by atoms with Crippen LogP contribution in [0.2, 0.25) is 0 Å². The lowest BCUT2D eigenvalue weighted by Gasteiger charge is -2.54. The number of nitrogens with zero attached hydrogens (tertiary/aromatic N) is 3. The number of anilines is 1. The van der Waals surface area contributed by atoms with Crippen LogP contribution in [0.15, 0.2) is 114 Å². The molecule has 2 fully saturated rings. The highest BCUT2D eigenvalue weighted by Gasteiger charge is 2.62. The summed E-state index contributed by atoms with van der Waals surface area (Å²) in [4.78, 5) is 75.9. The number of furan rings is 1. The second-order valence-electron chi connectivity index (χ2n) is 15.6. The minimum atomic E-state index is -1.26. The molecule has 2 saturated heterocycles. The van der Waals surface area contributed by atoms with Gasteiger partial charge >= 0.3 is 18.0 Å². The summed E-state index contributed by atoms with van der Waals surface area (Å²) in [6.07, 6.45) is 1.54. The summed E-state index contributed by atoms with van der Waals surface area (Å²) in [5.41, 5.74) is 9.31. The van der Waals surface area contributed by atoms with Crippen molar-refractivity contribution in [3.8, 4) is 5.75 Å². The van der Waals surface area contributed by atoms with E-state index in [4.69, 9.17) is 29.1 Å². The first-order valence-electron chi connectivity index (χ1n) is 20.3. The monoisotopic (exact) mass is 830 g/mol. The maximum absolute atomic E-state index is 15.3. The molecule has 14 heteroatoms. The van der Waals surface area contributed by atoms with E-state index in [1.807, 2.05) is 74.5 Å². The molecule has 318 valence electrons. The van der Waals surface area contributed by atoms with Crippen molar-refractivity contribution < 1.29 is 47.3 Å². The molecule has 5 atom stereocenters.